The smallest absolute Gasteiger partial charge is 0.312 e. The number of thiazole rings is 1. The van der Waals surface area contributed by atoms with Gasteiger partial charge in [0.15, 0.2) is 5.13 Å². The molecule has 5 rings (SSSR count). The minimum absolute atomic E-state index is 0.185. The number of nitrogens with one attached hydrogen (secondary N) is 1. The minimum atomic E-state index is -0.522. The second kappa shape index (κ2) is 13.0. The Balaban J connectivity index is 1.32. The Hall–Kier alpha value is -3.14. The zero-order valence-electron chi connectivity index (χ0n) is 25.6. The fourth-order valence-corrected chi connectivity index (χ4v) is 6.61. The number of aromatic nitrogens is 1. The zero-order valence-corrected chi connectivity index (χ0v) is 26.4. The fourth-order valence-electron chi connectivity index (χ4n) is 5.75. The Kier molecular flexibility index (Phi) is 9.40. The molecule has 3 heterocycles. The summed E-state index contributed by atoms with van der Waals surface area (Å²) in [6.07, 6.45) is 1.40. The molecule has 3 aromatic rings. The number of piperidine rings is 1. The maximum absolute atomic E-state index is 12.9. The highest BCUT2D eigenvalue weighted by Gasteiger charge is 2.38. The van der Waals surface area contributed by atoms with E-state index >= 15 is 0 Å². The van der Waals surface area contributed by atoms with Crippen LogP contribution in [-0.4, -0.2) is 56.0 Å². The molecule has 8 nitrogen and oxygen atoms in total. The van der Waals surface area contributed by atoms with Crippen LogP contribution in [-0.2, 0) is 33.8 Å². The molecule has 1 unspecified atom stereocenters. The van der Waals surface area contributed by atoms with Gasteiger partial charge >= 0.3 is 5.97 Å². The number of ether oxygens (including phenoxy) is 4. The largest absolute Gasteiger partial charge is 0.496 e. The minimum Gasteiger partial charge on any atom is -0.496 e. The first-order valence-electron chi connectivity index (χ1n) is 14.8. The Morgan fingerprint density at radius 3 is 2.83 bits per heavy atom. The van der Waals surface area contributed by atoms with Crippen LogP contribution in [0.15, 0.2) is 35.7 Å². The van der Waals surface area contributed by atoms with Crippen molar-refractivity contribution < 1.29 is 23.7 Å². The van der Waals surface area contributed by atoms with Gasteiger partial charge in [0.1, 0.15) is 23.7 Å². The number of carbonyl (C=O) groups excluding carboxylic acids is 1. The quantitative estimate of drug-likeness (QED) is 0.306. The van der Waals surface area contributed by atoms with Crippen molar-refractivity contribution in [2.75, 3.05) is 38.3 Å². The molecule has 1 aromatic heterocycles. The third kappa shape index (κ3) is 6.90. The Morgan fingerprint density at radius 2 is 2.07 bits per heavy atom. The van der Waals surface area contributed by atoms with Crippen molar-refractivity contribution in [3.8, 4) is 22.8 Å². The summed E-state index contributed by atoms with van der Waals surface area (Å²) in [5, 5.41) is 6.43. The summed E-state index contributed by atoms with van der Waals surface area (Å²) in [6, 6.07) is 10.5. The maximum Gasteiger partial charge on any atom is 0.312 e. The van der Waals surface area contributed by atoms with Gasteiger partial charge in [0.05, 0.1) is 24.8 Å². The van der Waals surface area contributed by atoms with Crippen LogP contribution in [0.4, 0.5) is 5.13 Å². The van der Waals surface area contributed by atoms with E-state index in [0.29, 0.717) is 32.7 Å². The first-order valence-corrected chi connectivity index (χ1v) is 15.7. The lowest BCUT2D eigenvalue weighted by Crippen LogP contribution is -2.49. The molecule has 0 bridgehead atoms. The molecule has 1 fully saturated rings. The number of hydrogen-bond acceptors (Lipinski definition) is 9. The highest BCUT2D eigenvalue weighted by molar-refractivity contribution is 7.14. The second-order valence-electron chi connectivity index (χ2n) is 12.0. The van der Waals surface area contributed by atoms with Crippen molar-refractivity contribution in [1.82, 2.24) is 10.3 Å². The van der Waals surface area contributed by atoms with Gasteiger partial charge in [0, 0.05) is 42.7 Å². The molecule has 0 saturated carbocycles. The lowest BCUT2D eigenvalue weighted by Gasteiger charge is -2.38. The molecule has 1 N–H and O–H groups in total. The number of para-hydroxylation sites is 1. The predicted molar refractivity (Wildman–Crippen MR) is 167 cm³/mol. The topological polar surface area (TPSA) is 82.2 Å². The van der Waals surface area contributed by atoms with Crippen LogP contribution in [0.2, 0.25) is 0 Å². The number of esters is 1. The second-order valence-corrected chi connectivity index (χ2v) is 12.8. The van der Waals surface area contributed by atoms with E-state index in [4.69, 9.17) is 23.9 Å². The van der Waals surface area contributed by atoms with Gasteiger partial charge in [-0.05, 0) is 82.8 Å². The Labute approximate surface area is 253 Å². The third-order valence-corrected chi connectivity index (χ3v) is 8.64. The number of nitrogens with zero attached hydrogens (tertiary/aromatic N) is 2. The average molecular weight is 594 g/mol. The highest BCUT2D eigenvalue weighted by Crippen LogP contribution is 2.38. The number of fused-ring (bicyclic) bond motifs is 1. The van der Waals surface area contributed by atoms with Gasteiger partial charge in [0.25, 0.3) is 0 Å². The first-order chi connectivity index (χ1) is 20.2. The van der Waals surface area contributed by atoms with Crippen LogP contribution in [0.1, 0.15) is 56.4 Å². The van der Waals surface area contributed by atoms with E-state index in [1.54, 1.807) is 18.4 Å². The number of benzene rings is 2. The van der Waals surface area contributed by atoms with Gasteiger partial charge in [-0.1, -0.05) is 18.2 Å². The van der Waals surface area contributed by atoms with E-state index < -0.39 is 5.60 Å². The molecule has 1 saturated heterocycles. The van der Waals surface area contributed by atoms with Crippen molar-refractivity contribution in [2.24, 2.45) is 5.92 Å². The molecule has 0 spiro atoms. The monoisotopic (exact) mass is 593 g/mol. The van der Waals surface area contributed by atoms with Gasteiger partial charge in [0.2, 0.25) is 0 Å². The summed E-state index contributed by atoms with van der Waals surface area (Å²) in [7, 11) is 1.73. The van der Waals surface area contributed by atoms with Crippen molar-refractivity contribution in [2.45, 2.75) is 72.3 Å². The average Bonchev–Trinajstić information content (AvgIpc) is 3.45. The SMILES string of the molecule is CCOC1CN(c2nc(-c3cccc(C)c3OCc3cc4c(c(OC)c3)CNCC4)cs2)CC[C@@H]1C(=O)OC(C)(C)C. The molecular weight excluding hydrogens is 550 g/mol. The Morgan fingerprint density at radius 1 is 1.24 bits per heavy atom. The third-order valence-electron chi connectivity index (χ3n) is 7.74. The van der Waals surface area contributed by atoms with Crippen molar-refractivity contribution in [3.05, 3.63) is 58.0 Å². The summed E-state index contributed by atoms with van der Waals surface area (Å²) in [6.45, 7) is 13.8. The van der Waals surface area contributed by atoms with Crippen LogP contribution < -0.4 is 19.7 Å². The van der Waals surface area contributed by atoms with Gasteiger partial charge in [-0.25, -0.2) is 4.98 Å². The van der Waals surface area contributed by atoms with Gasteiger partial charge in [-0.3, -0.25) is 4.79 Å². The van der Waals surface area contributed by atoms with E-state index in [-0.39, 0.29) is 18.0 Å². The zero-order chi connectivity index (χ0) is 29.9. The molecule has 0 amide bonds. The van der Waals surface area contributed by atoms with Crippen LogP contribution in [0, 0.1) is 12.8 Å². The maximum atomic E-state index is 12.9. The summed E-state index contributed by atoms with van der Waals surface area (Å²) < 4.78 is 23.9. The van der Waals surface area contributed by atoms with E-state index in [1.165, 1.54) is 11.1 Å². The number of carbonyl (C=O) groups is 1. The molecule has 2 aromatic carbocycles. The van der Waals surface area contributed by atoms with Crippen molar-refractivity contribution in [1.29, 1.82) is 0 Å². The van der Waals surface area contributed by atoms with Gasteiger partial charge in [-0.2, -0.15) is 0 Å². The normalized spacial score (nSPS) is 18.9. The van der Waals surface area contributed by atoms with Crippen LogP contribution in [0.25, 0.3) is 11.3 Å². The van der Waals surface area contributed by atoms with E-state index in [0.717, 1.165) is 58.5 Å². The summed E-state index contributed by atoms with van der Waals surface area (Å²) in [5.41, 5.74) is 6.04. The van der Waals surface area contributed by atoms with Crippen molar-refractivity contribution >= 4 is 22.4 Å². The molecule has 0 aliphatic carbocycles. The highest BCUT2D eigenvalue weighted by atomic mass is 32.1. The number of aryl methyl sites for hydroxylation is 1. The molecule has 9 heteroatoms. The molecule has 226 valence electrons. The summed E-state index contributed by atoms with van der Waals surface area (Å²) in [4.78, 5) is 20.2. The van der Waals surface area contributed by atoms with Gasteiger partial charge in [-0.15, -0.1) is 11.3 Å². The molecular formula is C33H43N3O5S. The summed E-state index contributed by atoms with van der Waals surface area (Å²) in [5.74, 6) is 1.28. The number of rotatable bonds is 9. The molecule has 0 radical (unpaired) electrons. The van der Waals surface area contributed by atoms with Crippen LogP contribution in [0.3, 0.4) is 0 Å². The number of hydrogen-bond donors (Lipinski definition) is 1. The van der Waals surface area contributed by atoms with Gasteiger partial charge < -0.3 is 29.2 Å². The van der Waals surface area contributed by atoms with E-state index in [9.17, 15) is 4.79 Å². The standard InChI is InChI=1S/C33H43N3O5S/c1-7-39-29-18-36(14-12-25(29)31(37)41-33(3,4)5)32-35-27(20-42-32)24-10-8-9-21(2)30(24)40-19-22-15-23-11-13-34-17-26(23)28(16-22)38-6/h8-10,15-16,20,25,29,34H,7,11-14,17-19H2,1-6H3/t25-,29?/m0/s1. The lowest BCUT2D eigenvalue weighted by atomic mass is 9.93. The number of anilines is 1. The molecule has 2 aliphatic heterocycles. The Bertz CT molecular complexity index is 1380. The first kappa shape index (κ1) is 30.3. The van der Waals surface area contributed by atoms with Crippen LogP contribution in [0.5, 0.6) is 11.5 Å². The number of methoxy groups -OCH3 is 1. The van der Waals surface area contributed by atoms with Crippen molar-refractivity contribution in [3.63, 3.8) is 0 Å². The summed E-state index contributed by atoms with van der Waals surface area (Å²) >= 11 is 1.61. The molecule has 2 aliphatic rings. The fraction of sp³-hybridized carbons (Fsp3) is 0.515. The van der Waals surface area contributed by atoms with E-state index in [2.05, 4.69) is 46.8 Å². The van der Waals surface area contributed by atoms with E-state index in [1.807, 2.05) is 33.8 Å². The lowest BCUT2D eigenvalue weighted by molar-refractivity contribution is -0.166. The predicted octanol–water partition coefficient (Wildman–Crippen LogP) is 5.92. The molecule has 2 atom stereocenters. The molecule has 42 heavy (non-hydrogen) atoms. The van der Waals surface area contributed by atoms with Crippen LogP contribution >= 0.6 is 11.3 Å².